The van der Waals surface area contributed by atoms with Gasteiger partial charge in [-0.1, -0.05) is 0 Å². The number of fused-ring (bicyclic) bond motifs is 2. The molecule has 4 aromatic rings. The zero-order chi connectivity index (χ0) is 19.9. The fraction of sp³-hybridized carbons (Fsp3) is 0.250. The standard InChI is InChI=1S/C20H20N4O2S2/c1-20(2,3)28(25)18-8-13-14(9-16(18)26-4)21-10-22-19(13)24-12-5-6-17-15(7-12)23-11-27-17/h5-11H,1-4H3,(H,21,22,24). The molecule has 0 saturated heterocycles. The zero-order valence-corrected chi connectivity index (χ0v) is 17.6. The van der Waals surface area contributed by atoms with Crippen LogP contribution >= 0.6 is 11.3 Å². The van der Waals surface area contributed by atoms with Crippen molar-refractivity contribution in [1.29, 1.82) is 0 Å². The lowest BCUT2D eigenvalue weighted by Gasteiger charge is -2.20. The van der Waals surface area contributed by atoms with Crippen molar-refractivity contribution in [3.63, 3.8) is 0 Å². The van der Waals surface area contributed by atoms with Crippen LogP contribution in [-0.4, -0.2) is 31.0 Å². The third-order valence-corrected chi connectivity index (χ3v) is 6.91. The minimum Gasteiger partial charge on any atom is -0.495 e. The minimum absolute atomic E-state index is 0.417. The SMILES string of the molecule is COc1cc2ncnc(Nc3ccc4scnc4c3)c2cc1S(=O)C(C)(C)C. The van der Waals surface area contributed by atoms with Crippen molar-refractivity contribution in [2.45, 2.75) is 30.4 Å². The van der Waals surface area contributed by atoms with Crippen LogP contribution in [0.1, 0.15) is 20.8 Å². The van der Waals surface area contributed by atoms with Crippen LogP contribution in [0.15, 0.2) is 47.1 Å². The van der Waals surface area contributed by atoms with Crippen molar-refractivity contribution < 1.29 is 8.95 Å². The predicted molar refractivity (Wildman–Crippen MR) is 115 cm³/mol. The second kappa shape index (κ2) is 7.10. The van der Waals surface area contributed by atoms with Gasteiger partial charge >= 0.3 is 0 Å². The van der Waals surface area contributed by atoms with E-state index >= 15 is 0 Å². The summed E-state index contributed by atoms with van der Waals surface area (Å²) in [5.41, 5.74) is 4.37. The Balaban J connectivity index is 1.83. The van der Waals surface area contributed by atoms with E-state index < -0.39 is 15.5 Å². The van der Waals surface area contributed by atoms with Crippen molar-refractivity contribution in [1.82, 2.24) is 15.0 Å². The van der Waals surface area contributed by atoms with Gasteiger partial charge in [-0.15, -0.1) is 11.3 Å². The molecule has 1 atom stereocenters. The summed E-state index contributed by atoms with van der Waals surface area (Å²) in [4.78, 5) is 13.8. The van der Waals surface area contributed by atoms with E-state index in [4.69, 9.17) is 4.74 Å². The summed E-state index contributed by atoms with van der Waals surface area (Å²) < 4.78 is 19.2. The Morgan fingerprint density at radius 1 is 1.07 bits per heavy atom. The van der Waals surface area contributed by atoms with E-state index in [1.54, 1.807) is 18.4 Å². The van der Waals surface area contributed by atoms with Gasteiger partial charge in [0.1, 0.15) is 17.9 Å². The maximum absolute atomic E-state index is 13.0. The molecule has 0 spiro atoms. The number of aromatic nitrogens is 3. The monoisotopic (exact) mass is 412 g/mol. The molecule has 0 saturated carbocycles. The number of methoxy groups -OCH3 is 1. The topological polar surface area (TPSA) is 77.0 Å². The summed E-state index contributed by atoms with van der Waals surface area (Å²) in [6.07, 6.45) is 1.51. The van der Waals surface area contributed by atoms with Crippen molar-refractivity contribution in [3.05, 3.63) is 42.2 Å². The number of hydrogen-bond donors (Lipinski definition) is 1. The fourth-order valence-corrected chi connectivity index (χ4v) is 4.74. The van der Waals surface area contributed by atoms with Gasteiger partial charge in [0.2, 0.25) is 0 Å². The molecule has 0 fully saturated rings. The molecule has 1 unspecified atom stereocenters. The Labute approximate surface area is 169 Å². The molecule has 6 nitrogen and oxygen atoms in total. The first kappa shape index (κ1) is 18.8. The van der Waals surface area contributed by atoms with Gasteiger partial charge in [0.15, 0.2) is 0 Å². The van der Waals surface area contributed by atoms with Crippen LogP contribution in [0.5, 0.6) is 5.75 Å². The number of anilines is 2. The second-order valence-electron chi connectivity index (χ2n) is 7.28. The molecule has 0 aliphatic heterocycles. The highest BCUT2D eigenvalue weighted by atomic mass is 32.2. The summed E-state index contributed by atoms with van der Waals surface area (Å²) >= 11 is 1.60. The smallest absolute Gasteiger partial charge is 0.141 e. The number of hydrogen-bond acceptors (Lipinski definition) is 7. The van der Waals surface area contributed by atoms with E-state index in [9.17, 15) is 4.21 Å². The molecule has 2 heterocycles. The molecule has 28 heavy (non-hydrogen) atoms. The average molecular weight is 413 g/mol. The molecule has 2 aromatic heterocycles. The predicted octanol–water partition coefficient (Wildman–Crippen LogP) is 4.90. The molecular weight excluding hydrogens is 392 g/mol. The van der Waals surface area contributed by atoms with Crippen LogP contribution < -0.4 is 10.1 Å². The highest BCUT2D eigenvalue weighted by Crippen LogP contribution is 2.35. The zero-order valence-electron chi connectivity index (χ0n) is 16.0. The molecule has 4 rings (SSSR count). The van der Waals surface area contributed by atoms with Crippen LogP contribution in [0, 0.1) is 0 Å². The summed E-state index contributed by atoms with van der Waals surface area (Å²) in [6.45, 7) is 5.82. The van der Waals surface area contributed by atoms with Gasteiger partial charge in [-0.25, -0.2) is 15.0 Å². The maximum atomic E-state index is 13.0. The van der Waals surface area contributed by atoms with Crippen molar-refractivity contribution in [3.8, 4) is 5.75 Å². The van der Waals surface area contributed by atoms with Crippen LogP contribution in [0.25, 0.3) is 21.1 Å². The number of thiazole rings is 1. The summed E-state index contributed by atoms with van der Waals surface area (Å²) in [6, 6.07) is 9.68. The van der Waals surface area contributed by atoms with Gasteiger partial charge in [0.05, 0.1) is 44.0 Å². The highest BCUT2D eigenvalue weighted by molar-refractivity contribution is 7.86. The third-order valence-electron chi connectivity index (χ3n) is 4.27. The second-order valence-corrected chi connectivity index (χ2v) is 10.4. The average Bonchev–Trinajstić information content (AvgIpc) is 3.13. The lowest BCUT2D eigenvalue weighted by molar-refractivity contribution is 0.404. The number of benzene rings is 2. The van der Waals surface area contributed by atoms with Crippen LogP contribution in [0.4, 0.5) is 11.5 Å². The lowest BCUT2D eigenvalue weighted by atomic mass is 10.2. The Bertz CT molecular complexity index is 1200. The Morgan fingerprint density at radius 2 is 1.89 bits per heavy atom. The summed E-state index contributed by atoms with van der Waals surface area (Å²) in [5.74, 6) is 1.21. The van der Waals surface area contributed by atoms with Gasteiger partial charge < -0.3 is 10.1 Å². The van der Waals surface area contributed by atoms with Gasteiger partial charge in [-0.3, -0.25) is 4.21 Å². The van der Waals surface area contributed by atoms with Crippen LogP contribution in [0.2, 0.25) is 0 Å². The number of rotatable bonds is 4. The Morgan fingerprint density at radius 3 is 2.64 bits per heavy atom. The molecule has 1 N–H and O–H groups in total. The van der Waals surface area contributed by atoms with E-state index in [0.717, 1.165) is 26.8 Å². The molecule has 0 radical (unpaired) electrons. The summed E-state index contributed by atoms with van der Waals surface area (Å²) in [7, 11) is 0.324. The van der Waals surface area contributed by atoms with Crippen molar-refractivity contribution >= 4 is 54.8 Å². The van der Waals surface area contributed by atoms with E-state index in [-0.39, 0.29) is 0 Å². The number of nitrogens with zero attached hydrogens (tertiary/aromatic N) is 3. The van der Waals surface area contributed by atoms with E-state index in [2.05, 4.69) is 20.3 Å². The first-order valence-electron chi connectivity index (χ1n) is 8.72. The molecule has 144 valence electrons. The summed E-state index contributed by atoms with van der Waals surface area (Å²) in [5, 5.41) is 4.13. The van der Waals surface area contributed by atoms with Gasteiger partial charge in [0, 0.05) is 21.9 Å². The fourth-order valence-electron chi connectivity index (χ4n) is 2.87. The van der Waals surface area contributed by atoms with Gasteiger partial charge in [-0.2, -0.15) is 0 Å². The minimum atomic E-state index is -1.25. The Hall–Kier alpha value is -2.58. The molecule has 2 aromatic carbocycles. The number of ether oxygens (including phenoxy) is 1. The van der Waals surface area contributed by atoms with Gasteiger partial charge in [0.25, 0.3) is 0 Å². The van der Waals surface area contributed by atoms with E-state index in [0.29, 0.717) is 16.5 Å². The first-order valence-corrected chi connectivity index (χ1v) is 10.7. The lowest BCUT2D eigenvalue weighted by Crippen LogP contribution is -2.22. The molecule has 8 heteroatoms. The largest absolute Gasteiger partial charge is 0.495 e. The van der Waals surface area contributed by atoms with Crippen molar-refractivity contribution in [2.24, 2.45) is 0 Å². The van der Waals surface area contributed by atoms with Crippen LogP contribution in [0.3, 0.4) is 0 Å². The van der Waals surface area contributed by atoms with Gasteiger partial charge in [-0.05, 0) is 45.0 Å². The normalized spacial score (nSPS) is 13.0. The molecule has 0 bridgehead atoms. The van der Waals surface area contributed by atoms with Crippen molar-refractivity contribution in [2.75, 3.05) is 12.4 Å². The van der Waals surface area contributed by atoms with E-state index in [1.165, 1.54) is 6.33 Å². The molecule has 0 aliphatic rings. The first-order chi connectivity index (χ1) is 13.4. The number of nitrogens with one attached hydrogen (secondary N) is 1. The van der Waals surface area contributed by atoms with Crippen LogP contribution in [-0.2, 0) is 10.8 Å². The molecule has 0 aliphatic carbocycles. The molecule has 0 amide bonds. The molecular formula is C20H20N4O2S2. The third kappa shape index (κ3) is 3.45. The maximum Gasteiger partial charge on any atom is 0.141 e. The highest BCUT2D eigenvalue weighted by Gasteiger charge is 2.25. The van der Waals surface area contributed by atoms with E-state index in [1.807, 2.05) is 56.6 Å². The Kier molecular flexibility index (Phi) is 4.76. The quantitative estimate of drug-likeness (QED) is 0.514.